The van der Waals surface area contributed by atoms with Crippen LogP contribution in [-0.4, -0.2) is 43.3 Å². The first kappa shape index (κ1) is 16.1. The van der Waals surface area contributed by atoms with Crippen molar-refractivity contribution in [2.45, 2.75) is 31.9 Å². The molecule has 1 fully saturated rings. The summed E-state index contributed by atoms with van der Waals surface area (Å²) in [5.74, 6) is 0.639. The Labute approximate surface area is 156 Å². The molecule has 136 valence electrons. The topological polar surface area (TPSA) is 77.2 Å². The third-order valence-corrected chi connectivity index (χ3v) is 4.98. The molecule has 7 heteroatoms. The summed E-state index contributed by atoms with van der Waals surface area (Å²) in [5.41, 5.74) is 4.59. The molecular weight excluding hydrogens is 340 g/mol. The maximum Gasteiger partial charge on any atom is 0.241 e. The van der Waals surface area contributed by atoms with Gasteiger partial charge in [0.15, 0.2) is 0 Å². The highest BCUT2D eigenvalue weighted by Crippen LogP contribution is 2.27. The van der Waals surface area contributed by atoms with Crippen molar-refractivity contribution in [1.29, 1.82) is 0 Å². The Morgan fingerprint density at radius 3 is 2.96 bits per heavy atom. The van der Waals surface area contributed by atoms with E-state index in [2.05, 4.69) is 20.4 Å². The summed E-state index contributed by atoms with van der Waals surface area (Å²) in [7, 11) is 0. The average molecular weight is 360 g/mol. The van der Waals surface area contributed by atoms with Gasteiger partial charge in [-0.05, 0) is 50.1 Å². The number of anilines is 1. The van der Waals surface area contributed by atoms with Crippen molar-refractivity contribution in [3.8, 4) is 11.3 Å². The van der Waals surface area contributed by atoms with Gasteiger partial charge in [-0.2, -0.15) is 0 Å². The molecule has 7 nitrogen and oxygen atoms in total. The minimum absolute atomic E-state index is 0.364. The molecule has 0 bridgehead atoms. The van der Waals surface area contributed by atoms with Gasteiger partial charge in [0.2, 0.25) is 5.95 Å². The van der Waals surface area contributed by atoms with Crippen LogP contribution in [0.4, 0.5) is 5.95 Å². The van der Waals surface area contributed by atoms with Gasteiger partial charge < -0.3 is 10.1 Å². The number of nitrogens with zero attached hydrogens (tertiary/aromatic N) is 5. The lowest BCUT2D eigenvalue weighted by Crippen LogP contribution is -2.41. The minimum atomic E-state index is 0.364. The van der Waals surface area contributed by atoms with Gasteiger partial charge in [-0.1, -0.05) is 0 Å². The first-order chi connectivity index (χ1) is 13.3. The van der Waals surface area contributed by atoms with Crippen LogP contribution in [0.5, 0.6) is 0 Å². The van der Waals surface area contributed by atoms with E-state index in [1.165, 1.54) is 0 Å². The van der Waals surface area contributed by atoms with Crippen LogP contribution >= 0.6 is 0 Å². The maximum absolute atomic E-state index is 5.60. The standard InChI is InChI=1S/C20H20N6O/c1-2-27-14-10-13(11-14)23-20-22-12-19-15(7-9-26(19)25-20)16-5-6-17-18(24-16)4-3-8-21-17/h3-9,12-14H,2,10-11H2,1H3,(H,23,25)/t13-,14+. The molecule has 1 saturated carbocycles. The highest BCUT2D eigenvalue weighted by Gasteiger charge is 2.30. The number of pyridine rings is 2. The molecule has 0 radical (unpaired) electrons. The van der Waals surface area contributed by atoms with Crippen molar-refractivity contribution in [2.24, 2.45) is 0 Å². The van der Waals surface area contributed by atoms with Crippen LogP contribution < -0.4 is 5.32 Å². The molecular formula is C20H20N6O. The van der Waals surface area contributed by atoms with Crippen molar-refractivity contribution < 1.29 is 4.74 Å². The van der Waals surface area contributed by atoms with Crippen LogP contribution in [0.25, 0.3) is 27.8 Å². The lowest BCUT2D eigenvalue weighted by molar-refractivity contribution is 0.00283. The van der Waals surface area contributed by atoms with E-state index in [1.54, 1.807) is 6.20 Å². The molecule has 27 heavy (non-hydrogen) atoms. The first-order valence-corrected chi connectivity index (χ1v) is 9.25. The van der Waals surface area contributed by atoms with Crippen LogP contribution in [-0.2, 0) is 4.74 Å². The van der Waals surface area contributed by atoms with Crippen LogP contribution in [0.3, 0.4) is 0 Å². The zero-order valence-electron chi connectivity index (χ0n) is 15.0. The molecule has 0 amide bonds. The van der Waals surface area contributed by atoms with Gasteiger partial charge in [0.05, 0.1) is 34.5 Å². The van der Waals surface area contributed by atoms with Crippen LogP contribution in [0, 0.1) is 0 Å². The molecule has 0 spiro atoms. The van der Waals surface area contributed by atoms with Gasteiger partial charge >= 0.3 is 0 Å². The van der Waals surface area contributed by atoms with E-state index >= 15 is 0 Å². The Morgan fingerprint density at radius 1 is 1.15 bits per heavy atom. The van der Waals surface area contributed by atoms with E-state index < -0.39 is 0 Å². The molecule has 0 unspecified atom stereocenters. The van der Waals surface area contributed by atoms with Crippen molar-refractivity contribution in [2.75, 3.05) is 11.9 Å². The third kappa shape index (κ3) is 3.00. The Kier molecular flexibility index (Phi) is 3.94. The van der Waals surface area contributed by atoms with Crippen LogP contribution in [0.1, 0.15) is 19.8 Å². The van der Waals surface area contributed by atoms with Crippen molar-refractivity contribution in [3.63, 3.8) is 0 Å². The second-order valence-corrected chi connectivity index (χ2v) is 6.77. The lowest BCUT2D eigenvalue weighted by atomic mass is 9.89. The predicted molar refractivity (Wildman–Crippen MR) is 104 cm³/mol. The number of ether oxygens (including phenoxy) is 1. The maximum atomic E-state index is 5.60. The summed E-state index contributed by atoms with van der Waals surface area (Å²) in [6.45, 7) is 2.80. The third-order valence-electron chi connectivity index (χ3n) is 4.98. The molecule has 1 aliphatic carbocycles. The van der Waals surface area contributed by atoms with Crippen molar-refractivity contribution >= 4 is 22.5 Å². The first-order valence-electron chi connectivity index (χ1n) is 9.25. The summed E-state index contributed by atoms with van der Waals surface area (Å²) in [6, 6.07) is 10.2. The summed E-state index contributed by atoms with van der Waals surface area (Å²) < 4.78 is 7.45. The van der Waals surface area contributed by atoms with Crippen LogP contribution in [0.2, 0.25) is 0 Å². The molecule has 1 N–H and O–H groups in total. The molecule has 5 rings (SSSR count). The van der Waals surface area contributed by atoms with Gasteiger partial charge in [-0.25, -0.2) is 14.5 Å². The fraction of sp³-hybridized carbons (Fsp3) is 0.300. The average Bonchev–Trinajstić information content (AvgIpc) is 3.09. The zero-order chi connectivity index (χ0) is 18.2. The second-order valence-electron chi connectivity index (χ2n) is 6.77. The molecule has 0 atom stereocenters. The summed E-state index contributed by atoms with van der Waals surface area (Å²) in [4.78, 5) is 13.5. The molecule has 0 aliphatic heterocycles. The molecule has 1 aliphatic rings. The number of hydrogen-bond donors (Lipinski definition) is 1. The summed E-state index contributed by atoms with van der Waals surface area (Å²) >= 11 is 0. The summed E-state index contributed by atoms with van der Waals surface area (Å²) in [6.07, 6.45) is 7.93. The lowest BCUT2D eigenvalue weighted by Gasteiger charge is -2.35. The molecule has 4 aromatic heterocycles. The minimum Gasteiger partial charge on any atom is -0.378 e. The zero-order valence-corrected chi connectivity index (χ0v) is 15.0. The fourth-order valence-corrected chi connectivity index (χ4v) is 3.53. The van der Waals surface area contributed by atoms with Gasteiger partial charge in [-0.15, -0.1) is 5.10 Å². The SMILES string of the molecule is CCO[C@H]1C[C@@H](Nc2ncc3c(-c4ccc5ncccc5n4)ccn3n2)C1. The van der Waals surface area contributed by atoms with Gasteiger partial charge in [0, 0.05) is 30.6 Å². The largest absolute Gasteiger partial charge is 0.378 e. The highest BCUT2D eigenvalue weighted by atomic mass is 16.5. The van der Waals surface area contributed by atoms with E-state index in [4.69, 9.17) is 9.72 Å². The number of rotatable bonds is 5. The number of fused-ring (bicyclic) bond motifs is 2. The molecule has 0 saturated heterocycles. The van der Waals surface area contributed by atoms with E-state index in [1.807, 2.05) is 54.2 Å². The van der Waals surface area contributed by atoms with Crippen molar-refractivity contribution in [1.82, 2.24) is 24.6 Å². The monoisotopic (exact) mass is 360 g/mol. The molecule has 4 heterocycles. The Balaban J connectivity index is 1.40. The van der Waals surface area contributed by atoms with Gasteiger partial charge in [0.1, 0.15) is 0 Å². The number of aromatic nitrogens is 5. The van der Waals surface area contributed by atoms with E-state index in [-0.39, 0.29) is 0 Å². The quantitative estimate of drug-likeness (QED) is 0.588. The summed E-state index contributed by atoms with van der Waals surface area (Å²) in [5, 5.41) is 7.98. The Bertz CT molecular complexity index is 1100. The van der Waals surface area contributed by atoms with E-state index in [0.717, 1.165) is 47.3 Å². The Hall–Kier alpha value is -3.06. The fourth-order valence-electron chi connectivity index (χ4n) is 3.53. The van der Waals surface area contributed by atoms with Gasteiger partial charge in [0.25, 0.3) is 0 Å². The number of nitrogens with one attached hydrogen (secondary N) is 1. The molecule has 4 aromatic rings. The van der Waals surface area contributed by atoms with E-state index in [0.29, 0.717) is 18.1 Å². The predicted octanol–water partition coefficient (Wildman–Crippen LogP) is 3.32. The van der Waals surface area contributed by atoms with Crippen molar-refractivity contribution in [3.05, 3.63) is 48.9 Å². The highest BCUT2D eigenvalue weighted by molar-refractivity contribution is 5.83. The van der Waals surface area contributed by atoms with Crippen LogP contribution in [0.15, 0.2) is 48.9 Å². The van der Waals surface area contributed by atoms with E-state index in [9.17, 15) is 0 Å². The van der Waals surface area contributed by atoms with Gasteiger partial charge in [-0.3, -0.25) is 4.98 Å². The second kappa shape index (κ2) is 6.59. The normalized spacial score (nSPS) is 19.3. The Morgan fingerprint density at radius 2 is 2.07 bits per heavy atom. The smallest absolute Gasteiger partial charge is 0.241 e. The number of hydrogen-bond acceptors (Lipinski definition) is 6. The molecule has 0 aromatic carbocycles.